The molecule has 1 saturated carbocycles. The zero-order valence-electron chi connectivity index (χ0n) is 10.9. The maximum Gasteiger partial charge on any atom is 0.262 e. The first-order valence-corrected chi connectivity index (χ1v) is 6.35. The van der Waals surface area contributed by atoms with Crippen LogP contribution in [-0.4, -0.2) is 11.9 Å². The van der Waals surface area contributed by atoms with Gasteiger partial charge >= 0.3 is 0 Å². The summed E-state index contributed by atoms with van der Waals surface area (Å²) in [5.74, 6) is -0.272. The van der Waals surface area contributed by atoms with E-state index in [0.29, 0.717) is 0 Å². The van der Waals surface area contributed by atoms with Crippen LogP contribution in [0.1, 0.15) is 25.3 Å². The molecule has 1 N–H and O–H groups in total. The van der Waals surface area contributed by atoms with Gasteiger partial charge < -0.3 is 5.32 Å². The van der Waals surface area contributed by atoms with Gasteiger partial charge in [0, 0.05) is 6.04 Å². The van der Waals surface area contributed by atoms with E-state index in [1.165, 1.54) is 0 Å². The fourth-order valence-corrected chi connectivity index (χ4v) is 1.72. The van der Waals surface area contributed by atoms with Crippen molar-refractivity contribution in [2.75, 3.05) is 0 Å². The molecular formula is C16H16N2O. The second-order valence-electron chi connectivity index (χ2n) is 4.72. The van der Waals surface area contributed by atoms with Crippen LogP contribution in [0.4, 0.5) is 0 Å². The van der Waals surface area contributed by atoms with Gasteiger partial charge in [-0.25, -0.2) is 0 Å². The normalized spacial score (nSPS) is 15.8. The van der Waals surface area contributed by atoms with E-state index in [4.69, 9.17) is 5.26 Å². The molecule has 1 amide bonds. The molecule has 0 aromatic heterocycles. The Hall–Kier alpha value is -2.34. The van der Waals surface area contributed by atoms with Crippen LogP contribution in [0, 0.1) is 11.3 Å². The van der Waals surface area contributed by atoms with E-state index in [0.717, 1.165) is 24.0 Å². The van der Waals surface area contributed by atoms with Crippen LogP contribution < -0.4 is 5.32 Å². The number of rotatable bonds is 4. The monoisotopic (exact) mass is 252 g/mol. The summed E-state index contributed by atoms with van der Waals surface area (Å²) in [5, 5.41) is 11.9. The summed E-state index contributed by atoms with van der Waals surface area (Å²) in [7, 11) is 0. The number of carbonyl (C=O) groups is 1. The summed E-state index contributed by atoms with van der Waals surface area (Å²) in [6, 6.07) is 12.0. The van der Waals surface area contributed by atoms with Crippen LogP contribution in [0.3, 0.4) is 0 Å². The number of allylic oxidation sites excluding steroid dienone is 2. The zero-order chi connectivity index (χ0) is 13.7. The highest BCUT2D eigenvalue weighted by molar-refractivity contribution is 5.98. The van der Waals surface area contributed by atoms with Gasteiger partial charge in [-0.2, -0.15) is 5.26 Å². The van der Waals surface area contributed by atoms with Crippen molar-refractivity contribution in [3.05, 3.63) is 53.1 Å². The number of amides is 1. The molecule has 19 heavy (non-hydrogen) atoms. The van der Waals surface area contributed by atoms with Crippen LogP contribution in [0.25, 0.3) is 6.08 Å². The Balaban J connectivity index is 2.10. The summed E-state index contributed by atoms with van der Waals surface area (Å²) in [5.41, 5.74) is 2.10. The average Bonchev–Trinajstić information content (AvgIpc) is 3.21. The van der Waals surface area contributed by atoms with Crippen molar-refractivity contribution in [2.24, 2.45) is 0 Å². The van der Waals surface area contributed by atoms with E-state index in [1.54, 1.807) is 6.08 Å². The highest BCUT2D eigenvalue weighted by Gasteiger charge is 2.24. The van der Waals surface area contributed by atoms with Gasteiger partial charge in [-0.3, -0.25) is 4.79 Å². The third kappa shape index (κ3) is 4.11. The fraction of sp³-hybridized carbons (Fsp3) is 0.250. The Morgan fingerprint density at radius 3 is 2.63 bits per heavy atom. The predicted molar refractivity (Wildman–Crippen MR) is 75.0 cm³/mol. The maximum absolute atomic E-state index is 11.8. The molecule has 0 heterocycles. The van der Waals surface area contributed by atoms with Gasteiger partial charge in [0.15, 0.2) is 0 Å². The third-order valence-electron chi connectivity index (χ3n) is 2.84. The van der Waals surface area contributed by atoms with Crippen molar-refractivity contribution >= 4 is 12.0 Å². The van der Waals surface area contributed by atoms with Crippen molar-refractivity contribution in [1.29, 1.82) is 5.26 Å². The first kappa shape index (κ1) is 13.1. The number of nitrogens with one attached hydrogen (secondary N) is 1. The summed E-state index contributed by atoms with van der Waals surface area (Å²) < 4.78 is 0. The Kier molecular flexibility index (Phi) is 4.15. The second kappa shape index (κ2) is 6.01. The molecule has 1 aliphatic rings. The zero-order valence-corrected chi connectivity index (χ0v) is 10.9. The van der Waals surface area contributed by atoms with Crippen LogP contribution >= 0.6 is 0 Å². The Bertz CT molecular complexity index is 560. The van der Waals surface area contributed by atoms with Gasteiger partial charge in [-0.15, -0.1) is 0 Å². The largest absolute Gasteiger partial charge is 0.349 e. The number of nitriles is 1. The molecule has 3 heteroatoms. The van der Waals surface area contributed by atoms with Gasteiger partial charge in [-0.1, -0.05) is 36.4 Å². The Morgan fingerprint density at radius 1 is 1.37 bits per heavy atom. The molecule has 0 atom stereocenters. The molecule has 0 radical (unpaired) electrons. The smallest absolute Gasteiger partial charge is 0.262 e. The first-order chi connectivity index (χ1) is 9.19. The molecule has 1 aromatic carbocycles. The Morgan fingerprint density at radius 2 is 2.05 bits per heavy atom. The van der Waals surface area contributed by atoms with Gasteiger partial charge in [0.25, 0.3) is 5.91 Å². The molecule has 0 aliphatic heterocycles. The molecule has 1 aromatic rings. The number of carbonyl (C=O) groups excluding carboxylic acids is 1. The van der Waals surface area contributed by atoms with E-state index in [2.05, 4.69) is 5.32 Å². The maximum atomic E-state index is 11.8. The van der Waals surface area contributed by atoms with E-state index >= 15 is 0 Å². The lowest BCUT2D eigenvalue weighted by atomic mass is 10.1. The lowest BCUT2D eigenvalue weighted by Crippen LogP contribution is -2.26. The van der Waals surface area contributed by atoms with Gasteiger partial charge in [-0.05, 0) is 37.0 Å². The lowest BCUT2D eigenvalue weighted by molar-refractivity contribution is -0.117. The second-order valence-corrected chi connectivity index (χ2v) is 4.72. The van der Waals surface area contributed by atoms with Crippen molar-refractivity contribution < 1.29 is 4.79 Å². The van der Waals surface area contributed by atoms with Gasteiger partial charge in [0.05, 0.1) is 0 Å². The van der Waals surface area contributed by atoms with E-state index in [1.807, 2.05) is 49.4 Å². The minimum Gasteiger partial charge on any atom is -0.349 e. The number of benzene rings is 1. The van der Waals surface area contributed by atoms with Gasteiger partial charge in [0.2, 0.25) is 0 Å². The summed E-state index contributed by atoms with van der Waals surface area (Å²) in [6.07, 6.45) is 5.61. The van der Waals surface area contributed by atoms with Crippen LogP contribution in [-0.2, 0) is 4.79 Å². The molecule has 0 bridgehead atoms. The minimum absolute atomic E-state index is 0.164. The standard InChI is InChI=1S/C16H16N2O/c1-12(9-13-5-3-2-4-6-13)10-14(11-17)16(19)18-15-7-8-15/h2-6,9-10,15H,7-8H2,1H3,(H,18,19)/b12-9+,14-10+. The molecule has 1 aliphatic carbocycles. The fourth-order valence-electron chi connectivity index (χ4n) is 1.72. The average molecular weight is 252 g/mol. The minimum atomic E-state index is -0.272. The molecule has 1 fully saturated rings. The topological polar surface area (TPSA) is 52.9 Å². The molecular weight excluding hydrogens is 236 g/mol. The number of hydrogen-bond donors (Lipinski definition) is 1. The molecule has 0 spiro atoms. The van der Waals surface area contributed by atoms with E-state index in [-0.39, 0.29) is 17.5 Å². The predicted octanol–water partition coefficient (Wildman–Crippen LogP) is 2.82. The number of nitrogens with zero attached hydrogens (tertiary/aromatic N) is 1. The summed E-state index contributed by atoms with van der Waals surface area (Å²) >= 11 is 0. The summed E-state index contributed by atoms with van der Waals surface area (Å²) in [6.45, 7) is 1.88. The van der Waals surface area contributed by atoms with Crippen LogP contribution in [0.5, 0.6) is 0 Å². The highest BCUT2D eigenvalue weighted by Crippen LogP contribution is 2.19. The Labute approximate surface area is 113 Å². The van der Waals surface area contributed by atoms with Crippen molar-refractivity contribution in [3.63, 3.8) is 0 Å². The van der Waals surface area contributed by atoms with Crippen LogP contribution in [0.15, 0.2) is 47.6 Å². The third-order valence-corrected chi connectivity index (χ3v) is 2.84. The lowest BCUT2D eigenvalue weighted by Gasteiger charge is -2.01. The molecule has 2 rings (SSSR count). The number of hydrogen-bond acceptors (Lipinski definition) is 2. The quantitative estimate of drug-likeness (QED) is 0.509. The van der Waals surface area contributed by atoms with E-state index < -0.39 is 0 Å². The molecule has 0 unspecified atom stereocenters. The summed E-state index contributed by atoms with van der Waals surface area (Å²) in [4.78, 5) is 11.8. The van der Waals surface area contributed by atoms with E-state index in [9.17, 15) is 4.79 Å². The van der Waals surface area contributed by atoms with Crippen molar-refractivity contribution in [1.82, 2.24) is 5.32 Å². The molecule has 96 valence electrons. The van der Waals surface area contributed by atoms with Crippen molar-refractivity contribution in [2.45, 2.75) is 25.8 Å². The SMILES string of the molecule is CC(=C\c1ccccc1)/C=C(\C#N)C(=O)NC1CC1. The highest BCUT2D eigenvalue weighted by atomic mass is 16.1. The first-order valence-electron chi connectivity index (χ1n) is 6.35. The van der Waals surface area contributed by atoms with Crippen LogP contribution in [0.2, 0.25) is 0 Å². The molecule has 3 nitrogen and oxygen atoms in total. The molecule has 0 saturated heterocycles. The van der Waals surface area contributed by atoms with Gasteiger partial charge in [0.1, 0.15) is 11.6 Å². The van der Waals surface area contributed by atoms with Crippen molar-refractivity contribution in [3.8, 4) is 6.07 Å².